The molecular weight excluding hydrogens is 322 g/mol. The van der Waals surface area contributed by atoms with Gasteiger partial charge in [0.15, 0.2) is 0 Å². The van der Waals surface area contributed by atoms with Crippen molar-refractivity contribution in [2.24, 2.45) is 0 Å². The third-order valence-electron chi connectivity index (χ3n) is 3.38. The van der Waals surface area contributed by atoms with Gasteiger partial charge in [-0.25, -0.2) is 4.98 Å². The predicted molar refractivity (Wildman–Crippen MR) is 82.0 cm³/mol. The van der Waals surface area contributed by atoms with Crippen molar-refractivity contribution in [1.82, 2.24) is 10.3 Å². The largest absolute Gasteiger partial charge is 0.376 e. The fraction of sp³-hybridized carbons (Fsp3) is 0.571. The molecule has 1 fully saturated rings. The second-order valence-electron chi connectivity index (χ2n) is 4.83. The Balaban J connectivity index is 1.80. The Hall–Kier alpha value is -1.14. The summed E-state index contributed by atoms with van der Waals surface area (Å²) in [5, 5.41) is 5.77. The summed E-state index contributed by atoms with van der Waals surface area (Å²) in [6.45, 7) is 1.08. The molecule has 0 spiro atoms. The van der Waals surface area contributed by atoms with Gasteiger partial charge in [-0.1, -0.05) is 12.8 Å². The van der Waals surface area contributed by atoms with Crippen LogP contribution >= 0.6 is 15.9 Å². The molecule has 1 heterocycles. The molecule has 2 N–H and O–H groups in total. The van der Waals surface area contributed by atoms with E-state index < -0.39 is 0 Å². The summed E-state index contributed by atoms with van der Waals surface area (Å²) < 4.78 is 6.50. The van der Waals surface area contributed by atoms with Crippen LogP contribution in [0.4, 0.5) is 5.82 Å². The summed E-state index contributed by atoms with van der Waals surface area (Å²) >= 11 is 3.33. The minimum atomic E-state index is -0.141. The minimum Gasteiger partial charge on any atom is -0.376 e. The maximum atomic E-state index is 12.1. The summed E-state index contributed by atoms with van der Waals surface area (Å²) in [5.41, 5.74) is 0.530. The van der Waals surface area contributed by atoms with Crippen LogP contribution in [0.25, 0.3) is 0 Å². The number of carbonyl (C=O) groups is 1. The number of pyridine rings is 1. The van der Waals surface area contributed by atoms with Crippen LogP contribution in [-0.4, -0.2) is 37.2 Å². The van der Waals surface area contributed by atoms with E-state index in [-0.39, 0.29) is 5.91 Å². The second-order valence-corrected chi connectivity index (χ2v) is 5.75. The van der Waals surface area contributed by atoms with Gasteiger partial charge in [0.2, 0.25) is 0 Å². The van der Waals surface area contributed by atoms with Gasteiger partial charge in [-0.05, 0) is 34.8 Å². The van der Waals surface area contributed by atoms with Gasteiger partial charge in [0.25, 0.3) is 5.91 Å². The van der Waals surface area contributed by atoms with E-state index in [1.807, 2.05) is 0 Å². The number of nitrogens with one attached hydrogen (secondary N) is 2. The zero-order chi connectivity index (χ0) is 14.4. The van der Waals surface area contributed by atoms with Crippen molar-refractivity contribution in [2.75, 3.05) is 25.5 Å². The van der Waals surface area contributed by atoms with E-state index in [0.717, 1.165) is 17.3 Å². The number of nitrogens with zero attached hydrogens (tertiary/aromatic N) is 1. The number of hydrogen-bond acceptors (Lipinski definition) is 4. The zero-order valence-corrected chi connectivity index (χ0v) is 13.2. The molecule has 0 aliphatic heterocycles. The molecule has 1 amide bonds. The Morgan fingerprint density at radius 3 is 2.95 bits per heavy atom. The lowest BCUT2D eigenvalue weighted by molar-refractivity contribution is 0.0582. The van der Waals surface area contributed by atoms with Crippen LogP contribution in [0.15, 0.2) is 16.7 Å². The molecule has 1 aliphatic carbocycles. The van der Waals surface area contributed by atoms with Crippen LogP contribution in [0.5, 0.6) is 0 Å². The molecule has 6 heteroatoms. The number of aromatic nitrogens is 1. The predicted octanol–water partition coefficient (Wildman–Crippen LogP) is 2.57. The van der Waals surface area contributed by atoms with Gasteiger partial charge in [0.05, 0.1) is 18.3 Å². The van der Waals surface area contributed by atoms with Crippen LogP contribution in [0, 0.1) is 0 Å². The number of rotatable bonds is 6. The number of halogens is 1. The van der Waals surface area contributed by atoms with Crippen LogP contribution in [-0.2, 0) is 4.74 Å². The van der Waals surface area contributed by atoms with Gasteiger partial charge in [0, 0.05) is 24.3 Å². The maximum absolute atomic E-state index is 12.1. The molecule has 110 valence electrons. The molecular formula is C14H20BrN3O2. The maximum Gasteiger partial charge on any atom is 0.255 e. The zero-order valence-electron chi connectivity index (χ0n) is 11.6. The van der Waals surface area contributed by atoms with Crippen LogP contribution < -0.4 is 10.6 Å². The lowest BCUT2D eigenvalue weighted by Crippen LogP contribution is -2.29. The first-order chi connectivity index (χ1) is 9.70. The molecule has 0 aromatic carbocycles. The third kappa shape index (κ3) is 4.18. The van der Waals surface area contributed by atoms with Crippen molar-refractivity contribution in [1.29, 1.82) is 0 Å². The molecule has 0 unspecified atom stereocenters. The molecule has 0 saturated heterocycles. The first kappa shape index (κ1) is 15.3. The Bertz CT molecular complexity index is 462. The van der Waals surface area contributed by atoms with Crippen LogP contribution in [0.2, 0.25) is 0 Å². The number of carbonyl (C=O) groups excluding carboxylic acids is 1. The lowest BCUT2D eigenvalue weighted by Gasteiger charge is -2.12. The highest BCUT2D eigenvalue weighted by Gasteiger charge is 2.16. The molecule has 0 radical (unpaired) electrons. The standard InChI is InChI=1S/C14H20BrN3O2/c1-16-13-12(8-10(15)9-18-13)14(19)17-6-7-20-11-4-2-3-5-11/h8-9,11H,2-7H2,1H3,(H,16,18)(H,17,19). The van der Waals surface area contributed by atoms with Crippen molar-refractivity contribution < 1.29 is 9.53 Å². The van der Waals surface area contributed by atoms with Crippen molar-refractivity contribution in [3.8, 4) is 0 Å². The van der Waals surface area contributed by atoms with E-state index in [9.17, 15) is 4.79 Å². The molecule has 1 aromatic rings. The highest BCUT2D eigenvalue weighted by atomic mass is 79.9. The Morgan fingerprint density at radius 2 is 2.25 bits per heavy atom. The quantitative estimate of drug-likeness (QED) is 0.780. The van der Waals surface area contributed by atoms with Crippen molar-refractivity contribution in [2.45, 2.75) is 31.8 Å². The average Bonchev–Trinajstić information content (AvgIpc) is 2.96. The van der Waals surface area contributed by atoms with E-state index in [1.54, 1.807) is 19.3 Å². The first-order valence-corrected chi connectivity index (χ1v) is 7.73. The number of ether oxygens (including phenoxy) is 1. The van der Waals surface area contributed by atoms with E-state index in [1.165, 1.54) is 12.8 Å². The molecule has 0 atom stereocenters. The Labute approximate surface area is 127 Å². The van der Waals surface area contributed by atoms with Gasteiger partial charge in [0.1, 0.15) is 5.82 Å². The molecule has 1 aromatic heterocycles. The van der Waals surface area contributed by atoms with E-state index in [4.69, 9.17) is 4.74 Å². The number of anilines is 1. The van der Waals surface area contributed by atoms with Crippen LogP contribution in [0.1, 0.15) is 36.0 Å². The monoisotopic (exact) mass is 341 g/mol. The summed E-state index contributed by atoms with van der Waals surface area (Å²) in [5.74, 6) is 0.431. The van der Waals surface area contributed by atoms with Crippen molar-refractivity contribution >= 4 is 27.7 Å². The third-order valence-corrected chi connectivity index (χ3v) is 3.81. The van der Waals surface area contributed by atoms with Gasteiger partial charge in [-0.3, -0.25) is 4.79 Å². The van der Waals surface area contributed by atoms with Crippen molar-refractivity contribution in [3.63, 3.8) is 0 Å². The number of amides is 1. The normalized spacial score (nSPS) is 15.3. The van der Waals surface area contributed by atoms with Gasteiger partial charge in [-0.15, -0.1) is 0 Å². The molecule has 1 aliphatic rings. The molecule has 2 rings (SSSR count). The number of hydrogen-bond donors (Lipinski definition) is 2. The highest BCUT2D eigenvalue weighted by molar-refractivity contribution is 9.10. The van der Waals surface area contributed by atoms with Gasteiger partial charge < -0.3 is 15.4 Å². The summed E-state index contributed by atoms with van der Waals surface area (Å²) in [6, 6.07) is 1.76. The summed E-state index contributed by atoms with van der Waals surface area (Å²) in [7, 11) is 1.75. The molecule has 1 saturated carbocycles. The van der Waals surface area contributed by atoms with E-state index >= 15 is 0 Å². The highest BCUT2D eigenvalue weighted by Crippen LogP contribution is 2.20. The summed E-state index contributed by atoms with van der Waals surface area (Å²) in [6.07, 6.45) is 6.85. The smallest absolute Gasteiger partial charge is 0.255 e. The van der Waals surface area contributed by atoms with Gasteiger partial charge in [-0.2, -0.15) is 0 Å². The first-order valence-electron chi connectivity index (χ1n) is 6.94. The van der Waals surface area contributed by atoms with Gasteiger partial charge >= 0.3 is 0 Å². The molecule has 20 heavy (non-hydrogen) atoms. The Kier molecular flexibility index (Phi) is 5.79. The Morgan fingerprint density at radius 1 is 1.50 bits per heavy atom. The topological polar surface area (TPSA) is 63.2 Å². The van der Waals surface area contributed by atoms with E-state index in [0.29, 0.717) is 30.6 Å². The fourth-order valence-electron chi connectivity index (χ4n) is 2.35. The molecule has 0 bridgehead atoms. The minimum absolute atomic E-state index is 0.141. The summed E-state index contributed by atoms with van der Waals surface area (Å²) in [4.78, 5) is 16.3. The molecule has 5 nitrogen and oxygen atoms in total. The van der Waals surface area contributed by atoms with Crippen LogP contribution in [0.3, 0.4) is 0 Å². The van der Waals surface area contributed by atoms with E-state index in [2.05, 4.69) is 31.5 Å². The fourth-order valence-corrected chi connectivity index (χ4v) is 2.68. The lowest BCUT2D eigenvalue weighted by atomic mass is 10.2. The second kappa shape index (κ2) is 7.59. The SMILES string of the molecule is CNc1ncc(Br)cc1C(=O)NCCOC1CCCC1. The average molecular weight is 342 g/mol. The van der Waals surface area contributed by atoms with Crippen molar-refractivity contribution in [3.05, 3.63) is 22.3 Å².